The molecule has 0 spiro atoms. The molecule has 26 heavy (non-hydrogen) atoms. The Hall–Kier alpha value is -3.02. The van der Waals surface area contributed by atoms with Gasteiger partial charge in [-0.2, -0.15) is 5.10 Å². The minimum atomic E-state index is -0.557. The first-order chi connectivity index (χ1) is 12.6. The lowest BCUT2D eigenvalue weighted by Crippen LogP contribution is -1.97. The Labute approximate surface area is 148 Å². The van der Waals surface area contributed by atoms with E-state index in [1.807, 2.05) is 33.6 Å². The van der Waals surface area contributed by atoms with Crippen LogP contribution in [0.15, 0.2) is 42.9 Å². The normalized spacial score (nSPS) is 13.5. The second kappa shape index (κ2) is 5.49. The third kappa shape index (κ3) is 2.05. The number of aromatic nitrogens is 4. The van der Waals surface area contributed by atoms with Gasteiger partial charge in [0.15, 0.2) is 0 Å². The van der Waals surface area contributed by atoms with Crippen LogP contribution in [0.4, 0.5) is 8.78 Å². The summed E-state index contributed by atoms with van der Waals surface area (Å²) in [6.45, 7) is 2.26. The Balaban J connectivity index is 1.84. The van der Waals surface area contributed by atoms with Gasteiger partial charge in [0.25, 0.3) is 0 Å². The molecule has 0 saturated heterocycles. The average molecular weight is 350 g/mol. The maximum Gasteiger partial charge on any atom is 0.144 e. The molecule has 0 N–H and O–H groups in total. The summed E-state index contributed by atoms with van der Waals surface area (Å²) in [5.74, 6) is -1.10. The molecule has 0 aliphatic carbocycles. The molecule has 1 aliphatic rings. The average Bonchev–Trinajstić information content (AvgIpc) is 3.34. The zero-order valence-corrected chi connectivity index (χ0v) is 14.2. The van der Waals surface area contributed by atoms with Crippen molar-refractivity contribution < 1.29 is 8.78 Å². The fourth-order valence-electron chi connectivity index (χ4n) is 3.79. The summed E-state index contributed by atoms with van der Waals surface area (Å²) in [6.07, 6.45) is 7.44. The molecule has 0 fully saturated rings. The fourth-order valence-corrected chi connectivity index (χ4v) is 3.79. The molecule has 5 rings (SSSR count). The van der Waals surface area contributed by atoms with Gasteiger partial charge in [-0.05, 0) is 44.0 Å². The van der Waals surface area contributed by atoms with Gasteiger partial charge in [0, 0.05) is 53.1 Å². The van der Waals surface area contributed by atoms with Crippen molar-refractivity contribution in [2.45, 2.75) is 26.3 Å². The van der Waals surface area contributed by atoms with E-state index in [4.69, 9.17) is 0 Å². The minimum Gasteiger partial charge on any atom is -0.307 e. The summed E-state index contributed by atoms with van der Waals surface area (Å²) in [7, 11) is 0. The monoisotopic (exact) mass is 350 g/mol. The Morgan fingerprint density at radius 2 is 1.96 bits per heavy atom. The van der Waals surface area contributed by atoms with E-state index in [2.05, 4.69) is 10.1 Å². The van der Waals surface area contributed by atoms with E-state index >= 15 is 0 Å². The molecular formula is C20H16F2N4. The van der Waals surface area contributed by atoms with Crippen molar-refractivity contribution >= 4 is 5.65 Å². The second-order valence-electron chi connectivity index (χ2n) is 6.61. The number of hydrogen-bond donors (Lipinski definition) is 0. The van der Waals surface area contributed by atoms with Crippen LogP contribution in [0, 0.1) is 18.6 Å². The zero-order valence-electron chi connectivity index (χ0n) is 14.2. The summed E-state index contributed by atoms with van der Waals surface area (Å²) in [4.78, 5) is 4.46. The van der Waals surface area contributed by atoms with Crippen LogP contribution in [0.5, 0.6) is 0 Å². The number of benzene rings is 1. The first-order valence-corrected chi connectivity index (χ1v) is 8.62. The Kier molecular flexibility index (Phi) is 3.22. The van der Waals surface area contributed by atoms with E-state index < -0.39 is 11.6 Å². The van der Waals surface area contributed by atoms with Gasteiger partial charge in [-0.25, -0.2) is 13.8 Å². The largest absolute Gasteiger partial charge is 0.307 e. The Morgan fingerprint density at radius 1 is 1.08 bits per heavy atom. The summed E-state index contributed by atoms with van der Waals surface area (Å²) >= 11 is 0. The lowest BCUT2D eigenvalue weighted by molar-refractivity contribution is 0.569. The number of pyridine rings is 1. The van der Waals surface area contributed by atoms with Crippen LogP contribution in [0.1, 0.15) is 17.7 Å². The molecule has 0 unspecified atom stereocenters. The first-order valence-electron chi connectivity index (χ1n) is 8.62. The van der Waals surface area contributed by atoms with Gasteiger partial charge < -0.3 is 4.40 Å². The number of hydrogen-bond acceptors (Lipinski definition) is 2. The van der Waals surface area contributed by atoms with Crippen molar-refractivity contribution in [2.75, 3.05) is 0 Å². The third-order valence-corrected chi connectivity index (χ3v) is 5.11. The summed E-state index contributed by atoms with van der Waals surface area (Å²) < 4.78 is 32.5. The highest BCUT2D eigenvalue weighted by atomic mass is 19.1. The molecule has 4 nitrogen and oxygen atoms in total. The molecule has 0 radical (unpaired) electrons. The van der Waals surface area contributed by atoms with Crippen LogP contribution in [-0.2, 0) is 13.0 Å². The van der Waals surface area contributed by atoms with Crippen LogP contribution in [0.3, 0.4) is 0 Å². The fraction of sp³-hybridized carbons (Fsp3) is 0.200. The van der Waals surface area contributed by atoms with Crippen molar-refractivity contribution in [1.82, 2.24) is 19.2 Å². The first kappa shape index (κ1) is 15.3. The lowest BCUT2D eigenvalue weighted by atomic mass is 9.97. The number of imidazole rings is 1. The van der Waals surface area contributed by atoms with Crippen molar-refractivity contribution in [2.24, 2.45) is 0 Å². The molecule has 6 heteroatoms. The van der Waals surface area contributed by atoms with Crippen LogP contribution >= 0.6 is 0 Å². The standard InChI is InChI=1S/C20H16F2N4/c1-12-15(21)7-6-14(18(12)22)19-17(16-5-3-10-26(16)24-19)13-4-2-9-25-11-8-23-20(13)25/h2,4,6-9,11H,3,5,10H2,1H3. The topological polar surface area (TPSA) is 35.1 Å². The van der Waals surface area contributed by atoms with Gasteiger partial charge in [-0.3, -0.25) is 4.68 Å². The molecule has 4 aromatic rings. The van der Waals surface area contributed by atoms with Crippen molar-refractivity contribution in [3.05, 3.63) is 65.7 Å². The SMILES string of the molecule is Cc1c(F)ccc(-c2nn3c(c2-c2cccn4ccnc24)CCC3)c1F. The molecule has 0 atom stereocenters. The maximum atomic E-state index is 14.9. The highest BCUT2D eigenvalue weighted by Crippen LogP contribution is 2.40. The highest BCUT2D eigenvalue weighted by molar-refractivity contribution is 5.89. The van der Waals surface area contributed by atoms with Crippen molar-refractivity contribution in [3.63, 3.8) is 0 Å². The van der Waals surface area contributed by atoms with Crippen LogP contribution in [0.25, 0.3) is 28.0 Å². The Morgan fingerprint density at radius 3 is 2.85 bits per heavy atom. The van der Waals surface area contributed by atoms with Crippen LogP contribution < -0.4 is 0 Å². The predicted molar refractivity (Wildman–Crippen MR) is 94.8 cm³/mol. The van der Waals surface area contributed by atoms with E-state index in [1.54, 1.807) is 6.20 Å². The molecular weight excluding hydrogens is 334 g/mol. The van der Waals surface area contributed by atoms with Gasteiger partial charge in [-0.1, -0.05) is 0 Å². The lowest BCUT2D eigenvalue weighted by Gasteiger charge is -2.09. The van der Waals surface area contributed by atoms with Crippen LogP contribution in [0.2, 0.25) is 0 Å². The number of nitrogens with zero attached hydrogens (tertiary/aromatic N) is 4. The van der Waals surface area contributed by atoms with Crippen molar-refractivity contribution in [1.29, 1.82) is 0 Å². The number of aryl methyl sites for hydroxylation is 1. The predicted octanol–water partition coefficient (Wildman–Crippen LogP) is 4.40. The molecule has 0 bridgehead atoms. The van der Waals surface area contributed by atoms with E-state index in [1.165, 1.54) is 19.1 Å². The molecule has 1 aliphatic heterocycles. The second-order valence-corrected chi connectivity index (χ2v) is 6.61. The molecule has 4 heterocycles. The van der Waals surface area contributed by atoms with Gasteiger partial charge >= 0.3 is 0 Å². The number of rotatable bonds is 2. The smallest absolute Gasteiger partial charge is 0.144 e. The molecule has 1 aromatic carbocycles. The summed E-state index contributed by atoms with van der Waals surface area (Å²) in [5, 5.41) is 4.68. The van der Waals surface area contributed by atoms with E-state index in [-0.39, 0.29) is 5.56 Å². The van der Waals surface area contributed by atoms with Crippen LogP contribution in [-0.4, -0.2) is 19.2 Å². The minimum absolute atomic E-state index is 0.0145. The third-order valence-electron chi connectivity index (χ3n) is 5.11. The number of halogens is 2. The van der Waals surface area contributed by atoms with E-state index in [0.717, 1.165) is 41.9 Å². The molecule has 3 aromatic heterocycles. The van der Waals surface area contributed by atoms with Gasteiger partial charge in [-0.15, -0.1) is 0 Å². The molecule has 0 amide bonds. The summed E-state index contributed by atoms with van der Waals surface area (Å²) in [6, 6.07) is 6.71. The van der Waals surface area contributed by atoms with E-state index in [9.17, 15) is 8.78 Å². The quantitative estimate of drug-likeness (QED) is 0.537. The zero-order chi connectivity index (χ0) is 17.8. The highest BCUT2D eigenvalue weighted by Gasteiger charge is 2.27. The van der Waals surface area contributed by atoms with Crippen molar-refractivity contribution in [3.8, 4) is 22.4 Å². The molecule has 130 valence electrons. The maximum absolute atomic E-state index is 14.9. The van der Waals surface area contributed by atoms with Gasteiger partial charge in [0.2, 0.25) is 0 Å². The number of fused-ring (bicyclic) bond motifs is 2. The molecule has 0 saturated carbocycles. The Bertz CT molecular complexity index is 1160. The summed E-state index contributed by atoms with van der Waals surface area (Å²) in [5.41, 5.74) is 4.58. The van der Waals surface area contributed by atoms with Gasteiger partial charge in [0.1, 0.15) is 23.0 Å². The van der Waals surface area contributed by atoms with E-state index in [0.29, 0.717) is 11.3 Å². The van der Waals surface area contributed by atoms with Gasteiger partial charge in [0.05, 0.1) is 0 Å².